The number of carboxylic acid groups (broad SMARTS) is 1. The molecule has 1 aliphatic rings. The van der Waals surface area contributed by atoms with Gasteiger partial charge in [0.25, 0.3) is 0 Å². The standard InChI is InChI=1S/C15H20N2O4/c1-17(12-4-3-5-13(9-12)21-2)15(20)16-11-7-6-10(8-11)14(18)19/h3-5,9-11H,6-8H2,1-2H3,(H,16,20)(H,18,19)/t10-,11+/m1/s1. The Morgan fingerprint density at radius 2 is 2.14 bits per heavy atom. The number of carboxylic acids is 1. The number of carbonyl (C=O) groups excluding carboxylic acids is 1. The van der Waals surface area contributed by atoms with Gasteiger partial charge in [-0.25, -0.2) is 4.79 Å². The van der Waals surface area contributed by atoms with Gasteiger partial charge in [-0.3, -0.25) is 9.69 Å². The highest BCUT2D eigenvalue weighted by Crippen LogP contribution is 2.26. The monoisotopic (exact) mass is 292 g/mol. The van der Waals surface area contributed by atoms with E-state index in [0.29, 0.717) is 25.0 Å². The molecule has 0 unspecified atom stereocenters. The molecule has 21 heavy (non-hydrogen) atoms. The Labute approximate surface area is 123 Å². The van der Waals surface area contributed by atoms with Gasteiger partial charge in [0.1, 0.15) is 5.75 Å². The Kier molecular flexibility index (Phi) is 4.67. The molecular formula is C15H20N2O4. The number of urea groups is 1. The quantitative estimate of drug-likeness (QED) is 0.890. The van der Waals surface area contributed by atoms with E-state index in [1.165, 1.54) is 4.90 Å². The van der Waals surface area contributed by atoms with E-state index in [1.54, 1.807) is 20.2 Å². The van der Waals surface area contributed by atoms with Crippen molar-refractivity contribution in [1.29, 1.82) is 0 Å². The van der Waals surface area contributed by atoms with Crippen molar-refractivity contribution in [1.82, 2.24) is 5.32 Å². The maximum absolute atomic E-state index is 12.2. The summed E-state index contributed by atoms with van der Waals surface area (Å²) < 4.78 is 5.13. The van der Waals surface area contributed by atoms with Crippen LogP contribution < -0.4 is 15.0 Å². The summed E-state index contributed by atoms with van der Waals surface area (Å²) in [5.74, 6) is -0.454. The van der Waals surface area contributed by atoms with Crippen molar-refractivity contribution in [3.63, 3.8) is 0 Å². The molecule has 0 spiro atoms. The molecule has 1 saturated carbocycles. The fourth-order valence-corrected chi connectivity index (χ4v) is 2.54. The number of methoxy groups -OCH3 is 1. The molecule has 0 heterocycles. The minimum atomic E-state index is -0.784. The number of carbonyl (C=O) groups is 2. The minimum absolute atomic E-state index is 0.0772. The first kappa shape index (κ1) is 15.2. The number of nitrogens with one attached hydrogen (secondary N) is 1. The first-order chi connectivity index (χ1) is 10.0. The number of benzene rings is 1. The lowest BCUT2D eigenvalue weighted by molar-refractivity contribution is -0.141. The van der Waals surface area contributed by atoms with E-state index in [9.17, 15) is 9.59 Å². The summed E-state index contributed by atoms with van der Waals surface area (Å²) >= 11 is 0. The van der Waals surface area contributed by atoms with E-state index in [0.717, 1.165) is 5.69 Å². The predicted octanol–water partition coefficient (Wildman–Crippen LogP) is 2.09. The lowest BCUT2D eigenvalue weighted by Crippen LogP contribution is -2.42. The third-order valence-electron chi connectivity index (χ3n) is 3.85. The molecule has 0 saturated heterocycles. The van der Waals surface area contributed by atoms with Crippen molar-refractivity contribution in [2.24, 2.45) is 5.92 Å². The van der Waals surface area contributed by atoms with Gasteiger partial charge in [0, 0.05) is 24.8 Å². The summed E-state index contributed by atoms with van der Waals surface area (Å²) in [6.45, 7) is 0. The van der Waals surface area contributed by atoms with Crippen LogP contribution in [0.3, 0.4) is 0 Å². The van der Waals surface area contributed by atoms with E-state index in [1.807, 2.05) is 18.2 Å². The number of hydrogen-bond donors (Lipinski definition) is 2. The topological polar surface area (TPSA) is 78.9 Å². The molecule has 2 amide bonds. The molecule has 1 fully saturated rings. The zero-order valence-corrected chi connectivity index (χ0v) is 12.2. The molecule has 0 aliphatic heterocycles. The number of amides is 2. The van der Waals surface area contributed by atoms with E-state index < -0.39 is 5.97 Å². The van der Waals surface area contributed by atoms with Crippen LogP contribution in [0.2, 0.25) is 0 Å². The molecule has 1 aliphatic carbocycles. The SMILES string of the molecule is COc1cccc(N(C)C(=O)N[C@H]2CC[C@@H](C(=O)O)C2)c1. The summed E-state index contributed by atoms with van der Waals surface area (Å²) in [7, 11) is 3.25. The number of rotatable bonds is 4. The average molecular weight is 292 g/mol. The van der Waals surface area contributed by atoms with Gasteiger partial charge in [0.2, 0.25) is 0 Å². The Morgan fingerprint density at radius 3 is 2.76 bits per heavy atom. The second kappa shape index (κ2) is 6.47. The van der Waals surface area contributed by atoms with E-state index in [-0.39, 0.29) is 18.0 Å². The summed E-state index contributed by atoms with van der Waals surface area (Å²) in [4.78, 5) is 24.6. The van der Waals surface area contributed by atoms with Crippen LogP contribution in [0.4, 0.5) is 10.5 Å². The van der Waals surface area contributed by atoms with Crippen LogP contribution in [0.5, 0.6) is 5.75 Å². The van der Waals surface area contributed by atoms with Crippen LogP contribution in [0.1, 0.15) is 19.3 Å². The van der Waals surface area contributed by atoms with Gasteiger partial charge in [-0.05, 0) is 31.4 Å². The first-order valence-corrected chi connectivity index (χ1v) is 6.92. The van der Waals surface area contributed by atoms with Gasteiger partial charge < -0.3 is 15.2 Å². The van der Waals surface area contributed by atoms with Crippen LogP contribution >= 0.6 is 0 Å². The fraction of sp³-hybridized carbons (Fsp3) is 0.467. The number of hydrogen-bond acceptors (Lipinski definition) is 3. The third-order valence-corrected chi connectivity index (χ3v) is 3.85. The van der Waals surface area contributed by atoms with Crippen LogP contribution in [0, 0.1) is 5.92 Å². The lowest BCUT2D eigenvalue weighted by atomic mass is 10.1. The molecule has 114 valence electrons. The van der Waals surface area contributed by atoms with Gasteiger partial charge in [0.15, 0.2) is 0 Å². The van der Waals surface area contributed by atoms with E-state index >= 15 is 0 Å². The number of anilines is 1. The number of aliphatic carboxylic acids is 1. The third kappa shape index (κ3) is 3.65. The van der Waals surface area contributed by atoms with E-state index in [2.05, 4.69) is 5.32 Å². The van der Waals surface area contributed by atoms with Crippen molar-refractivity contribution in [3.05, 3.63) is 24.3 Å². The molecule has 2 N–H and O–H groups in total. The molecule has 6 nitrogen and oxygen atoms in total. The summed E-state index contributed by atoms with van der Waals surface area (Å²) in [5, 5.41) is 11.9. The van der Waals surface area contributed by atoms with Crippen LogP contribution in [-0.2, 0) is 4.79 Å². The molecule has 1 aromatic carbocycles. The highest BCUT2D eigenvalue weighted by molar-refractivity contribution is 5.91. The Hall–Kier alpha value is -2.24. The molecule has 1 aromatic rings. The zero-order chi connectivity index (χ0) is 15.4. The van der Waals surface area contributed by atoms with Crippen molar-refractivity contribution in [3.8, 4) is 5.75 Å². The van der Waals surface area contributed by atoms with Gasteiger partial charge in [-0.15, -0.1) is 0 Å². The average Bonchev–Trinajstić information content (AvgIpc) is 2.95. The first-order valence-electron chi connectivity index (χ1n) is 6.92. The highest BCUT2D eigenvalue weighted by atomic mass is 16.5. The highest BCUT2D eigenvalue weighted by Gasteiger charge is 2.31. The molecule has 0 radical (unpaired) electrons. The Bertz CT molecular complexity index is 532. The maximum Gasteiger partial charge on any atom is 0.321 e. The second-order valence-electron chi connectivity index (χ2n) is 5.26. The zero-order valence-electron chi connectivity index (χ0n) is 12.2. The molecule has 0 bridgehead atoms. The van der Waals surface area contributed by atoms with Crippen molar-refractivity contribution in [2.75, 3.05) is 19.1 Å². The van der Waals surface area contributed by atoms with Crippen LogP contribution in [0.25, 0.3) is 0 Å². The molecule has 0 aromatic heterocycles. The van der Waals surface area contributed by atoms with Gasteiger partial charge in [-0.1, -0.05) is 6.07 Å². The maximum atomic E-state index is 12.2. The van der Waals surface area contributed by atoms with Crippen LogP contribution in [-0.4, -0.2) is 37.3 Å². The van der Waals surface area contributed by atoms with Crippen molar-refractivity contribution >= 4 is 17.7 Å². The lowest BCUT2D eigenvalue weighted by Gasteiger charge is -2.21. The van der Waals surface area contributed by atoms with E-state index in [4.69, 9.17) is 9.84 Å². The van der Waals surface area contributed by atoms with Crippen LogP contribution in [0.15, 0.2) is 24.3 Å². The minimum Gasteiger partial charge on any atom is -0.497 e. The Morgan fingerprint density at radius 1 is 1.38 bits per heavy atom. The molecule has 2 atom stereocenters. The van der Waals surface area contributed by atoms with Gasteiger partial charge in [0.05, 0.1) is 13.0 Å². The smallest absolute Gasteiger partial charge is 0.321 e. The summed E-state index contributed by atoms with van der Waals surface area (Å²) in [6, 6.07) is 6.90. The molecule has 6 heteroatoms. The number of ether oxygens (including phenoxy) is 1. The van der Waals surface area contributed by atoms with Crippen molar-refractivity contribution < 1.29 is 19.4 Å². The normalized spacial score (nSPS) is 20.9. The summed E-state index contributed by atoms with van der Waals surface area (Å²) in [5.41, 5.74) is 0.722. The number of nitrogens with zero attached hydrogens (tertiary/aromatic N) is 1. The van der Waals surface area contributed by atoms with Gasteiger partial charge >= 0.3 is 12.0 Å². The van der Waals surface area contributed by atoms with Crippen molar-refractivity contribution in [2.45, 2.75) is 25.3 Å². The largest absolute Gasteiger partial charge is 0.497 e. The fourth-order valence-electron chi connectivity index (χ4n) is 2.54. The summed E-state index contributed by atoms with van der Waals surface area (Å²) in [6.07, 6.45) is 1.81. The Balaban J connectivity index is 1.95. The molecule has 2 rings (SSSR count). The predicted molar refractivity (Wildman–Crippen MR) is 78.7 cm³/mol. The van der Waals surface area contributed by atoms with Gasteiger partial charge in [-0.2, -0.15) is 0 Å². The second-order valence-corrected chi connectivity index (χ2v) is 5.26. The molecular weight excluding hydrogens is 272 g/mol.